The van der Waals surface area contributed by atoms with Crippen molar-refractivity contribution in [3.8, 4) is 5.75 Å². The first-order valence-electron chi connectivity index (χ1n) is 9.09. The molecule has 0 saturated heterocycles. The number of thioether (sulfide) groups is 1. The Bertz CT molecular complexity index is 905. The van der Waals surface area contributed by atoms with Crippen LogP contribution in [0.25, 0.3) is 10.9 Å². The predicted molar refractivity (Wildman–Crippen MR) is 110 cm³/mol. The average Bonchev–Trinajstić information content (AvgIpc) is 3.10. The molecule has 0 spiro atoms. The van der Waals surface area contributed by atoms with Gasteiger partial charge >= 0.3 is 0 Å². The van der Waals surface area contributed by atoms with Crippen LogP contribution < -0.4 is 10.1 Å². The summed E-state index contributed by atoms with van der Waals surface area (Å²) < 4.78 is 7.41. The molecule has 0 aliphatic carbocycles. The number of methoxy groups -OCH3 is 1. The lowest BCUT2D eigenvalue weighted by Gasteiger charge is -2.11. The van der Waals surface area contributed by atoms with Crippen LogP contribution in [0.5, 0.6) is 5.75 Å². The highest BCUT2D eigenvalue weighted by Crippen LogP contribution is 2.27. The smallest absolute Gasteiger partial charge is 0.230 e. The van der Waals surface area contributed by atoms with E-state index in [2.05, 4.69) is 46.2 Å². The minimum absolute atomic E-state index is 0.0471. The van der Waals surface area contributed by atoms with Gasteiger partial charge in [-0.1, -0.05) is 30.8 Å². The molecule has 3 rings (SSSR count). The molecule has 1 N–H and O–H groups in total. The van der Waals surface area contributed by atoms with Gasteiger partial charge in [0.15, 0.2) is 0 Å². The van der Waals surface area contributed by atoms with Crippen molar-refractivity contribution in [1.82, 2.24) is 14.9 Å². The number of fused-ring (bicyclic) bond motifs is 1. The van der Waals surface area contributed by atoms with Gasteiger partial charge in [-0.15, -0.1) is 0 Å². The molecule has 1 aromatic carbocycles. The first-order valence-corrected chi connectivity index (χ1v) is 10.1. The molecule has 6 heteroatoms. The molecule has 142 valence electrons. The molecule has 3 aromatic rings. The summed E-state index contributed by atoms with van der Waals surface area (Å²) in [6.45, 7) is 4.85. The van der Waals surface area contributed by atoms with Gasteiger partial charge in [0.1, 0.15) is 10.8 Å². The molecule has 27 heavy (non-hydrogen) atoms. The summed E-state index contributed by atoms with van der Waals surface area (Å²) >= 11 is 1.48. The maximum Gasteiger partial charge on any atom is 0.230 e. The highest BCUT2D eigenvalue weighted by Gasteiger charge is 2.11. The van der Waals surface area contributed by atoms with E-state index in [0.717, 1.165) is 34.6 Å². The SMILES string of the molecule is CCC(C)NC(=O)CSc1nccc2c1ccn2Cc1ccc(OC)cc1. The number of carbonyl (C=O) groups excluding carboxylic acids is 1. The molecular weight excluding hydrogens is 358 g/mol. The third-order valence-corrected chi connectivity index (χ3v) is 5.54. The van der Waals surface area contributed by atoms with Crippen LogP contribution in [-0.4, -0.2) is 34.4 Å². The van der Waals surface area contributed by atoms with E-state index in [1.807, 2.05) is 31.3 Å². The van der Waals surface area contributed by atoms with E-state index < -0.39 is 0 Å². The predicted octanol–water partition coefficient (Wildman–Crippen LogP) is 4.10. The zero-order valence-electron chi connectivity index (χ0n) is 15.9. The van der Waals surface area contributed by atoms with Crippen molar-refractivity contribution in [3.63, 3.8) is 0 Å². The Morgan fingerprint density at radius 3 is 2.74 bits per heavy atom. The Morgan fingerprint density at radius 2 is 2.04 bits per heavy atom. The fourth-order valence-electron chi connectivity index (χ4n) is 2.83. The normalized spacial score (nSPS) is 12.1. The number of hydrogen-bond acceptors (Lipinski definition) is 4. The van der Waals surface area contributed by atoms with E-state index in [1.165, 1.54) is 17.3 Å². The van der Waals surface area contributed by atoms with Gasteiger partial charge in [0, 0.05) is 30.4 Å². The summed E-state index contributed by atoms with van der Waals surface area (Å²) in [4.78, 5) is 16.5. The second-order valence-corrected chi connectivity index (χ2v) is 7.47. The highest BCUT2D eigenvalue weighted by atomic mass is 32.2. The van der Waals surface area contributed by atoms with Crippen molar-refractivity contribution in [2.75, 3.05) is 12.9 Å². The van der Waals surface area contributed by atoms with Gasteiger partial charge in [0.05, 0.1) is 18.4 Å². The lowest BCUT2D eigenvalue weighted by molar-refractivity contribution is -0.119. The topological polar surface area (TPSA) is 56.2 Å². The first kappa shape index (κ1) is 19.3. The molecule has 0 saturated carbocycles. The fraction of sp³-hybridized carbons (Fsp3) is 0.333. The van der Waals surface area contributed by atoms with Crippen LogP contribution in [0.3, 0.4) is 0 Å². The zero-order valence-corrected chi connectivity index (χ0v) is 16.8. The number of hydrogen-bond donors (Lipinski definition) is 1. The van der Waals surface area contributed by atoms with Crippen molar-refractivity contribution < 1.29 is 9.53 Å². The zero-order chi connectivity index (χ0) is 19.2. The van der Waals surface area contributed by atoms with E-state index in [9.17, 15) is 4.79 Å². The Balaban J connectivity index is 1.73. The van der Waals surface area contributed by atoms with Crippen molar-refractivity contribution in [3.05, 3.63) is 54.4 Å². The highest BCUT2D eigenvalue weighted by molar-refractivity contribution is 8.00. The number of nitrogens with one attached hydrogen (secondary N) is 1. The van der Waals surface area contributed by atoms with Gasteiger partial charge in [0.2, 0.25) is 5.91 Å². The number of benzene rings is 1. The molecular formula is C21H25N3O2S. The van der Waals surface area contributed by atoms with Gasteiger partial charge in [-0.2, -0.15) is 0 Å². The standard InChI is InChI=1S/C21H25N3O2S/c1-4-15(2)23-20(25)14-27-21-18-10-12-24(19(18)9-11-22-21)13-16-5-7-17(26-3)8-6-16/h5-12,15H,4,13-14H2,1-3H3,(H,23,25). The van der Waals surface area contributed by atoms with Crippen molar-refractivity contribution in [1.29, 1.82) is 0 Å². The van der Waals surface area contributed by atoms with Crippen LogP contribution >= 0.6 is 11.8 Å². The van der Waals surface area contributed by atoms with E-state index in [0.29, 0.717) is 5.75 Å². The van der Waals surface area contributed by atoms with Crippen LogP contribution in [0.1, 0.15) is 25.8 Å². The van der Waals surface area contributed by atoms with Gasteiger partial charge in [-0.05, 0) is 43.2 Å². The monoisotopic (exact) mass is 383 g/mol. The number of nitrogens with zero attached hydrogens (tertiary/aromatic N) is 2. The Hall–Kier alpha value is -2.47. The fourth-order valence-corrected chi connectivity index (χ4v) is 3.64. The lowest BCUT2D eigenvalue weighted by Crippen LogP contribution is -2.33. The maximum absolute atomic E-state index is 12.0. The van der Waals surface area contributed by atoms with Crippen LogP contribution in [0.4, 0.5) is 0 Å². The Labute approximate surface area is 164 Å². The molecule has 5 nitrogen and oxygen atoms in total. The molecule has 0 aliphatic rings. The third kappa shape index (κ3) is 4.83. The number of rotatable bonds is 8. The number of ether oxygens (including phenoxy) is 1. The summed E-state index contributed by atoms with van der Waals surface area (Å²) in [5, 5.41) is 4.96. The lowest BCUT2D eigenvalue weighted by atomic mass is 10.2. The maximum atomic E-state index is 12.0. The van der Waals surface area contributed by atoms with E-state index in [1.54, 1.807) is 7.11 Å². The third-order valence-electron chi connectivity index (χ3n) is 4.53. The van der Waals surface area contributed by atoms with E-state index >= 15 is 0 Å². The molecule has 2 heterocycles. The number of pyridine rings is 1. The number of amides is 1. The summed E-state index contributed by atoms with van der Waals surface area (Å²) in [7, 11) is 1.67. The molecule has 0 radical (unpaired) electrons. The quantitative estimate of drug-likeness (QED) is 0.595. The Kier molecular flexibility index (Phi) is 6.40. The molecule has 0 fully saturated rings. The largest absolute Gasteiger partial charge is 0.497 e. The van der Waals surface area contributed by atoms with Gasteiger partial charge < -0.3 is 14.6 Å². The average molecular weight is 384 g/mol. The summed E-state index contributed by atoms with van der Waals surface area (Å²) in [5.41, 5.74) is 2.32. The number of aromatic nitrogens is 2. The first-order chi connectivity index (χ1) is 13.1. The van der Waals surface area contributed by atoms with Gasteiger partial charge in [0.25, 0.3) is 0 Å². The second-order valence-electron chi connectivity index (χ2n) is 6.51. The molecule has 1 amide bonds. The minimum atomic E-state index is 0.0471. The molecule has 0 aliphatic heterocycles. The van der Waals surface area contributed by atoms with Crippen molar-refractivity contribution in [2.45, 2.75) is 37.9 Å². The second kappa shape index (κ2) is 8.95. The van der Waals surface area contributed by atoms with Crippen LogP contribution in [0.15, 0.2) is 53.8 Å². The van der Waals surface area contributed by atoms with Crippen molar-refractivity contribution >= 4 is 28.6 Å². The Morgan fingerprint density at radius 1 is 1.26 bits per heavy atom. The van der Waals surface area contributed by atoms with Gasteiger partial charge in [-0.25, -0.2) is 4.98 Å². The molecule has 1 atom stereocenters. The minimum Gasteiger partial charge on any atom is -0.497 e. The number of carbonyl (C=O) groups is 1. The van der Waals surface area contributed by atoms with Gasteiger partial charge in [-0.3, -0.25) is 4.79 Å². The summed E-state index contributed by atoms with van der Waals surface area (Å²) in [6.07, 6.45) is 4.81. The summed E-state index contributed by atoms with van der Waals surface area (Å²) in [6, 6.07) is 12.4. The van der Waals surface area contributed by atoms with Crippen LogP contribution in [-0.2, 0) is 11.3 Å². The van der Waals surface area contributed by atoms with E-state index in [-0.39, 0.29) is 11.9 Å². The van der Waals surface area contributed by atoms with Crippen molar-refractivity contribution in [2.24, 2.45) is 0 Å². The van der Waals surface area contributed by atoms with Crippen LogP contribution in [0, 0.1) is 0 Å². The molecule has 1 unspecified atom stereocenters. The molecule has 0 bridgehead atoms. The van der Waals surface area contributed by atoms with E-state index in [4.69, 9.17) is 4.74 Å². The van der Waals surface area contributed by atoms with Crippen LogP contribution in [0.2, 0.25) is 0 Å². The molecule has 2 aromatic heterocycles. The summed E-state index contributed by atoms with van der Waals surface area (Å²) in [5.74, 6) is 1.28.